The van der Waals surface area contributed by atoms with E-state index >= 15 is 0 Å². The number of nitrogens with zero attached hydrogens (tertiary/aromatic N) is 4. The third-order valence-corrected chi connectivity index (χ3v) is 10.3. The molecule has 11 heteroatoms. The van der Waals surface area contributed by atoms with Gasteiger partial charge in [-0.25, -0.2) is 4.98 Å². The molecule has 3 saturated heterocycles. The number of fused-ring (bicyclic) bond motifs is 1. The number of para-hydroxylation sites is 3. The molecule has 2 amide bonds. The molecule has 1 aromatic heterocycles. The minimum atomic E-state index is -0.686. The number of rotatable bonds is 8. The first-order valence-electron chi connectivity index (χ1n) is 17.4. The minimum Gasteiger partial charge on any atom is -0.392 e. The van der Waals surface area contributed by atoms with Crippen LogP contribution in [0, 0.1) is 0 Å². The van der Waals surface area contributed by atoms with Crippen molar-refractivity contribution in [2.45, 2.75) is 49.9 Å². The summed E-state index contributed by atoms with van der Waals surface area (Å²) < 4.78 is 13.3. The highest BCUT2D eigenvalue weighted by Gasteiger charge is 2.50. The van der Waals surface area contributed by atoms with Crippen LogP contribution in [0.3, 0.4) is 0 Å². The molecule has 4 aromatic carbocycles. The van der Waals surface area contributed by atoms with Crippen LogP contribution >= 0.6 is 0 Å². The largest absolute Gasteiger partial charge is 0.392 e. The number of ether oxygens (including phenoxy) is 2. The van der Waals surface area contributed by atoms with Gasteiger partial charge in [0.05, 0.1) is 42.7 Å². The number of hydrogen-bond acceptors (Lipinski definition) is 9. The number of anilines is 2. The number of amides is 2. The van der Waals surface area contributed by atoms with Gasteiger partial charge >= 0.3 is 0 Å². The topological polar surface area (TPSA) is 129 Å². The van der Waals surface area contributed by atoms with Crippen LogP contribution in [0.15, 0.2) is 109 Å². The predicted molar refractivity (Wildman–Crippen MR) is 193 cm³/mol. The van der Waals surface area contributed by atoms with E-state index in [1.807, 2.05) is 91.0 Å². The van der Waals surface area contributed by atoms with Crippen molar-refractivity contribution in [1.29, 1.82) is 0 Å². The van der Waals surface area contributed by atoms with Gasteiger partial charge in [-0.1, -0.05) is 66.7 Å². The highest BCUT2D eigenvalue weighted by Crippen LogP contribution is 2.40. The second-order valence-electron chi connectivity index (χ2n) is 13.4. The normalized spacial score (nSPS) is 21.9. The Morgan fingerprint density at radius 2 is 1.67 bits per heavy atom. The van der Waals surface area contributed by atoms with Gasteiger partial charge in [0.2, 0.25) is 5.91 Å². The maximum Gasteiger partial charge on any atom is 0.275 e. The van der Waals surface area contributed by atoms with Gasteiger partial charge in [0, 0.05) is 43.0 Å². The molecule has 3 atom stereocenters. The third-order valence-electron chi connectivity index (χ3n) is 10.3. The van der Waals surface area contributed by atoms with Crippen molar-refractivity contribution in [3.05, 3.63) is 132 Å². The molecular formula is C40H40N6O5. The van der Waals surface area contributed by atoms with Crippen LogP contribution < -0.4 is 15.5 Å². The van der Waals surface area contributed by atoms with Gasteiger partial charge in [0.25, 0.3) is 5.91 Å². The molecule has 3 aliphatic heterocycles. The molecule has 0 saturated carbocycles. The summed E-state index contributed by atoms with van der Waals surface area (Å²) in [5, 5.41) is 15.7. The summed E-state index contributed by atoms with van der Waals surface area (Å²) in [5.74, 6) is -0.264. The molecule has 3 aliphatic rings. The lowest BCUT2D eigenvalue weighted by molar-refractivity contribution is -0.253. The van der Waals surface area contributed by atoms with E-state index in [0.29, 0.717) is 30.8 Å². The van der Waals surface area contributed by atoms with Gasteiger partial charge in [-0.15, -0.1) is 0 Å². The smallest absolute Gasteiger partial charge is 0.275 e. The van der Waals surface area contributed by atoms with E-state index in [1.165, 1.54) is 6.20 Å². The average Bonchev–Trinajstić information content (AvgIpc) is 3.50. The fourth-order valence-corrected chi connectivity index (χ4v) is 7.48. The maximum atomic E-state index is 13.2. The zero-order chi connectivity index (χ0) is 34.8. The standard InChI is InChI=1S/C40H40N6O5/c47-25-27-13-15-28(16-14-27)36-22-32(24-45-19-17-40(18-20-45)39(49)42-26-46(40)31-9-2-1-3-10-31)50-38(51-36)29-7-6-8-30(21-29)43-37(48)35-23-41-33-11-4-5-12-34(33)44-35/h1-16,21,23,32,36,38,47H,17-20,22,24-26H2,(H,42,49)(H,43,48)/t32-,36+,38+/m0/s1. The number of likely N-dealkylation sites (tertiary alicyclic amines) is 1. The van der Waals surface area contributed by atoms with Crippen molar-refractivity contribution >= 4 is 34.2 Å². The van der Waals surface area contributed by atoms with E-state index in [1.54, 1.807) is 0 Å². The van der Waals surface area contributed by atoms with Crippen molar-refractivity contribution < 1.29 is 24.2 Å². The second kappa shape index (κ2) is 14.2. The number of aliphatic hydroxyl groups is 1. The zero-order valence-electron chi connectivity index (χ0n) is 28.2. The van der Waals surface area contributed by atoms with Crippen molar-refractivity contribution in [3.8, 4) is 0 Å². The third kappa shape index (κ3) is 6.81. The molecule has 3 fully saturated rings. The Morgan fingerprint density at radius 1 is 0.902 bits per heavy atom. The first-order chi connectivity index (χ1) is 25.0. The van der Waals surface area contributed by atoms with Crippen LogP contribution in [0.4, 0.5) is 11.4 Å². The second-order valence-corrected chi connectivity index (χ2v) is 13.4. The first kappa shape index (κ1) is 33.0. The molecule has 0 radical (unpaired) electrons. The first-order valence-corrected chi connectivity index (χ1v) is 17.4. The number of carbonyl (C=O) groups is 2. The van der Waals surface area contributed by atoms with Crippen LogP contribution in [0.5, 0.6) is 0 Å². The minimum absolute atomic E-state index is 0.0281. The molecule has 5 aromatic rings. The molecule has 4 heterocycles. The fourth-order valence-electron chi connectivity index (χ4n) is 7.48. The van der Waals surface area contributed by atoms with Crippen LogP contribution in [-0.4, -0.2) is 69.7 Å². The Labute approximate surface area is 296 Å². The van der Waals surface area contributed by atoms with Crippen LogP contribution in [-0.2, 0) is 20.9 Å². The molecule has 0 unspecified atom stereocenters. The summed E-state index contributed by atoms with van der Waals surface area (Å²) in [7, 11) is 0. The van der Waals surface area contributed by atoms with Crippen LogP contribution in [0.25, 0.3) is 11.0 Å². The Bertz CT molecular complexity index is 2020. The van der Waals surface area contributed by atoms with Gasteiger partial charge in [0.15, 0.2) is 6.29 Å². The monoisotopic (exact) mass is 684 g/mol. The lowest BCUT2D eigenvalue weighted by Gasteiger charge is -2.45. The van der Waals surface area contributed by atoms with Crippen molar-refractivity contribution in [2.75, 3.05) is 36.5 Å². The van der Waals surface area contributed by atoms with E-state index < -0.39 is 11.8 Å². The van der Waals surface area contributed by atoms with Gasteiger partial charge in [-0.3, -0.25) is 14.6 Å². The van der Waals surface area contributed by atoms with Crippen LogP contribution in [0.1, 0.15) is 58.8 Å². The molecule has 260 valence electrons. The number of carbonyl (C=O) groups excluding carboxylic acids is 2. The predicted octanol–water partition coefficient (Wildman–Crippen LogP) is 5.35. The zero-order valence-corrected chi connectivity index (χ0v) is 28.2. The summed E-state index contributed by atoms with van der Waals surface area (Å²) in [6, 6.07) is 32.9. The SMILES string of the molecule is O=C(Nc1cccc([C@@H]2O[C@H](CN3CCC4(CC3)C(=O)NCN4c3ccccc3)C[C@H](c3ccc(CO)cc3)O2)c1)c1cnc2ccccc2n1. The van der Waals surface area contributed by atoms with E-state index in [9.17, 15) is 14.7 Å². The highest BCUT2D eigenvalue weighted by molar-refractivity contribution is 6.03. The number of aromatic nitrogens is 2. The van der Waals surface area contributed by atoms with Gasteiger partial charge in [-0.05, 0) is 60.4 Å². The van der Waals surface area contributed by atoms with Crippen molar-refractivity contribution in [1.82, 2.24) is 20.2 Å². The quantitative estimate of drug-likeness (QED) is 0.198. The van der Waals surface area contributed by atoms with E-state index in [0.717, 1.165) is 53.8 Å². The van der Waals surface area contributed by atoms with Gasteiger partial charge in [-0.2, -0.15) is 0 Å². The molecule has 3 N–H and O–H groups in total. The summed E-state index contributed by atoms with van der Waals surface area (Å²) >= 11 is 0. The van der Waals surface area contributed by atoms with E-state index in [4.69, 9.17) is 9.47 Å². The summed E-state index contributed by atoms with van der Waals surface area (Å²) in [6.45, 7) is 2.69. The van der Waals surface area contributed by atoms with Crippen molar-refractivity contribution in [3.63, 3.8) is 0 Å². The maximum absolute atomic E-state index is 13.2. The molecule has 51 heavy (non-hydrogen) atoms. The lowest BCUT2D eigenvalue weighted by Crippen LogP contribution is -2.57. The average molecular weight is 685 g/mol. The summed E-state index contributed by atoms with van der Waals surface area (Å²) in [6.07, 6.45) is 2.46. The van der Waals surface area contributed by atoms with E-state index in [-0.39, 0.29) is 36.3 Å². The molecular weight excluding hydrogens is 644 g/mol. The summed E-state index contributed by atoms with van der Waals surface area (Å²) in [5.41, 5.74) is 5.29. The molecule has 1 spiro atoms. The highest BCUT2D eigenvalue weighted by atomic mass is 16.7. The fraction of sp³-hybridized carbons (Fsp3) is 0.300. The molecule has 0 aliphatic carbocycles. The molecule has 0 bridgehead atoms. The van der Waals surface area contributed by atoms with E-state index in [2.05, 4.69) is 42.5 Å². The number of nitrogens with one attached hydrogen (secondary N) is 2. The molecule has 11 nitrogen and oxygen atoms in total. The Morgan fingerprint density at radius 3 is 2.45 bits per heavy atom. The number of benzene rings is 4. The summed E-state index contributed by atoms with van der Waals surface area (Å²) in [4.78, 5) is 39.9. The van der Waals surface area contributed by atoms with Gasteiger partial charge < -0.3 is 35.0 Å². The van der Waals surface area contributed by atoms with Crippen LogP contribution in [0.2, 0.25) is 0 Å². The Balaban J connectivity index is 0.988. The van der Waals surface area contributed by atoms with Gasteiger partial charge in [0.1, 0.15) is 11.2 Å². The number of aliphatic hydroxyl groups excluding tert-OH is 1. The number of hydrogen-bond donors (Lipinski definition) is 3. The lowest BCUT2D eigenvalue weighted by atomic mass is 9.85. The molecule has 8 rings (SSSR count). The Hall–Kier alpha value is -5.20. The Kier molecular flexibility index (Phi) is 9.18. The number of piperidine rings is 1. The van der Waals surface area contributed by atoms with Crippen molar-refractivity contribution in [2.24, 2.45) is 0 Å².